The summed E-state index contributed by atoms with van der Waals surface area (Å²) in [5.41, 5.74) is 1.36. The minimum absolute atomic E-state index is 0.102. The van der Waals surface area contributed by atoms with Crippen LogP contribution in [0.15, 0.2) is 41.4 Å². The fourth-order valence-corrected chi connectivity index (χ4v) is 1.72. The van der Waals surface area contributed by atoms with E-state index in [4.69, 9.17) is 0 Å². The van der Waals surface area contributed by atoms with E-state index in [1.54, 1.807) is 35.3 Å². The maximum absolute atomic E-state index is 12.4. The molecule has 1 aromatic carbocycles. The van der Waals surface area contributed by atoms with E-state index in [0.29, 0.717) is 12.1 Å². The molecule has 0 aliphatic carbocycles. The normalized spacial score (nSPS) is 11.8. The maximum Gasteiger partial charge on any atom is 0.471 e. The zero-order chi connectivity index (χ0) is 14.9. The number of halogens is 3. The Kier molecular flexibility index (Phi) is 3.16. The van der Waals surface area contributed by atoms with E-state index < -0.39 is 12.1 Å². The molecule has 108 valence electrons. The molecule has 0 radical (unpaired) electrons. The third-order valence-corrected chi connectivity index (χ3v) is 2.69. The molecule has 0 unspecified atom stereocenters. The number of nitrogens with zero attached hydrogens (tertiary/aromatic N) is 5. The Morgan fingerprint density at radius 2 is 1.90 bits per heavy atom. The molecule has 0 amide bonds. The molecular weight excluding hydrogens is 287 g/mol. The van der Waals surface area contributed by atoms with E-state index in [0.717, 1.165) is 5.56 Å². The van der Waals surface area contributed by atoms with Crippen LogP contribution in [0.2, 0.25) is 0 Å². The van der Waals surface area contributed by atoms with Crippen LogP contribution < -0.4 is 0 Å². The number of aromatic nitrogens is 5. The first kappa shape index (κ1) is 13.3. The summed E-state index contributed by atoms with van der Waals surface area (Å²) in [6, 6.07) is 6.75. The van der Waals surface area contributed by atoms with Gasteiger partial charge in [0.05, 0.1) is 6.54 Å². The Morgan fingerprint density at radius 1 is 1.14 bits per heavy atom. The monoisotopic (exact) mass is 295 g/mol. The van der Waals surface area contributed by atoms with Crippen LogP contribution in [-0.4, -0.2) is 24.9 Å². The van der Waals surface area contributed by atoms with Gasteiger partial charge in [0, 0.05) is 5.56 Å². The van der Waals surface area contributed by atoms with Crippen LogP contribution in [0.1, 0.15) is 11.5 Å². The number of benzene rings is 1. The lowest BCUT2D eigenvalue weighted by atomic mass is 10.1. The predicted molar refractivity (Wildman–Crippen MR) is 63.9 cm³/mol. The lowest BCUT2D eigenvalue weighted by Crippen LogP contribution is -2.04. The van der Waals surface area contributed by atoms with Gasteiger partial charge >= 0.3 is 12.1 Å². The van der Waals surface area contributed by atoms with Gasteiger partial charge in [-0.05, 0) is 5.56 Å². The highest BCUT2D eigenvalue weighted by atomic mass is 19.4. The fraction of sp³-hybridized carbons (Fsp3) is 0.167. The summed E-state index contributed by atoms with van der Waals surface area (Å²) in [6.45, 7) is 0.514. The van der Waals surface area contributed by atoms with Crippen molar-refractivity contribution in [3.8, 4) is 11.4 Å². The maximum atomic E-state index is 12.4. The van der Waals surface area contributed by atoms with E-state index in [-0.39, 0.29) is 5.82 Å². The molecule has 6 nitrogen and oxygen atoms in total. The molecule has 0 saturated carbocycles. The van der Waals surface area contributed by atoms with Gasteiger partial charge in [0.2, 0.25) is 5.82 Å². The van der Waals surface area contributed by atoms with Crippen molar-refractivity contribution in [3.05, 3.63) is 48.4 Å². The SMILES string of the molecule is FC(F)(F)c1nc(-c2ccc(Cn3cncn3)cc2)no1. The highest BCUT2D eigenvalue weighted by molar-refractivity contribution is 5.54. The second-order valence-corrected chi connectivity index (χ2v) is 4.21. The lowest BCUT2D eigenvalue weighted by molar-refractivity contribution is -0.159. The molecule has 2 heterocycles. The standard InChI is InChI=1S/C12H8F3N5O/c13-12(14,15)11-18-10(19-21-11)9-3-1-8(2-4-9)5-20-7-16-6-17-20/h1-4,6-7H,5H2. The Morgan fingerprint density at radius 3 is 2.48 bits per heavy atom. The number of hydrogen-bond acceptors (Lipinski definition) is 5. The summed E-state index contributed by atoms with van der Waals surface area (Å²) in [6.07, 6.45) is -1.65. The van der Waals surface area contributed by atoms with Gasteiger partial charge in [0.15, 0.2) is 0 Å². The molecule has 0 aliphatic heterocycles. The molecule has 3 rings (SSSR count). The van der Waals surface area contributed by atoms with Crippen molar-refractivity contribution in [3.63, 3.8) is 0 Å². The smallest absolute Gasteiger partial charge is 0.329 e. The van der Waals surface area contributed by atoms with Crippen LogP contribution >= 0.6 is 0 Å². The van der Waals surface area contributed by atoms with E-state index >= 15 is 0 Å². The summed E-state index contributed by atoms with van der Waals surface area (Å²) in [7, 11) is 0. The summed E-state index contributed by atoms with van der Waals surface area (Å²) in [5.74, 6) is -1.46. The first-order valence-corrected chi connectivity index (χ1v) is 5.85. The van der Waals surface area contributed by atoms with E-state index in [1.807, 2.05) is 0 Å². The second kappa shape index (κ2) is 5.00. The van der Waals surface area contributed by atoms with Crippen LogP contribution in [0.3, 0.4) is 0 Å². The molecule has 0 N–H and O–H groups in total. The topological polar surface area (TPSA) is 69.6 Å². The number of rotatable bonds is 3. The third-order valence-electron chi connectivity index (χ3n) is 2.69. The molecule has 0 bridgehead atoms. The first-order chi connectivity index (χ1) is 10.0. The van der Waals surface area contributed by atoms with Gasteiger partial charge < -0.3 is 4.52 Å². The van der Waals surface area contributed by atoms with Crippen molar-refractivity contribution < 1.29 is 17.7 Å². The highest BCUT2D eigenvalue weighted by Gasteiger charge is 2.38. The van der Waals surface area contributed by atoms with Gasteiger partial charge in [-0.25, -0.2) is 9.67 Å². The van der Waals surface area contributed by atoms with Crippen molar-refractivity contribution >= 4 is 0 Å². The van der Waals surface area contributed by atoms with Gasteiger partial charge in [-0.1, -0.05) is 29.4 Å². The van der Waals surface area contributed by atoms with Crippen LogP contribution in [0, 0.1) is 0 Å². The average molecular weight is 295 g/mol. The van der Waals surface area contributed by atoms with Crippen LogP contribution in [0.4, 0.5) is 13.2 Å². The van der Waals surface area contributed by atoms with Crippen molar-refractivity contribution in [1.29, 1.82) is 0 Å². The van der Waals surface area contributed by atoms with Crippen molar-refractivity contribution in [2.24, 2.45) is 0 Å². The average Bonchev–Trinajstić information content (AvgIpc) is 3.09. The molecule has 0 atom stereocenters. The molecule has 21 heavy (non-hydrogen) atoms. The highest BCUT2D eigenvalue weighted by Crippen LogP contribution is 2.29. The van der Waals surface area contributed by atoms with Crippen LogP contribution in [-0.2, 0) is 12.7 Å². The Bertz CT molecular complexity index is 718. The number of alkyl halides is 3. The van der Waals surface area contributed by atoms with Gasteiger partial charge in [0.1, 0.15) is 12.7 Å². The molecule has 9 heteroatoms. The minimum Gasteiger partial charge on any atom is -0.329 e. The van der Waals surface area contributed by atoms with E-state index in [2.05, 4.69) is 24.7 Å². The van der Waals surface area contributed by atoms with Crippen molar-refractivity contribution in [1.82, 2.24) is 24.9 Å². The number of hydrogen-bond donors (Lipinski definition) is 0. The van der Waals surface area contributed by atoms with Gasteiger partial charge in [-0.3, -0.25) is 0 Å². The van der Waals surface area contributed by atoms with Gasteiger partial charge in [0.25, 0.3) is 0 Å². The quantitative estimate of drug-likeness (QED) is 0.742. The predicted octanol–water partition coefficient (Wildman–Crippen LogP) is 2.40. The van der Waals surface area contributed by atoms with Crippen molar-refractivity contribution in [2.75, 3.05) is 0 Å². The summed E-state index contributed by atoms with van der Waals surface area (Å²) >= 11 is 0. The van der Waals surface area contributed by atoms with E-state index in [1.165, 1.54) is 6.33 Å². The molecule has 0 fully saturated rings. The zero-order valence-electron chi connectivity index (χ0n) is 10.4. The fourth-order valence-electron chi connectivity index (χ4n) is 1.72. The third kappa shape index (κ3) is 2.91. The molecule has 3 aromatic rings. The molecule has 2 aromatic heterocycles. The Hall–Kier alpha value is -2.71. The summed E-state index contributed by atoms with van der Waals surface area (Å²) in [4.78, 5) is 7.15. The van der Waals surface area contributed by atoms with Crippen LogP contribution in [0.25, 0.3) is 11.4 Å². The summed E-state index contributed by atoms with van der Waals surface area (Å²) in [5, 5.41) is 7.29. The zero-order valence-corrected chi connectivity index (χ0v) is 10.4. The Balaban J connectivity index is 1.79. The second-order valence-electron chi connectivity index (χ2n) is 4.21. The first-order valence-electron chi connectivity index (χ1n) is 5.85. The van der Waals surface area contributed by atoms with Crippen molar-refractivity contribution in [2.45, 2.75) is 12.7 Å². The largest absolute Gasteiger partial charge is 0.471 e. The summed E-state index contributed by atoms with van der Waals surface area (Å²) < 4.78 is 43.0. The Labute approximate surface area is 116 Å². The molecule has 0 saturated heterocycles. The molecule has 0 aliphatic rings. The van der Waals surface area contributed by atoms with Gasteiger partial charge in [-0.2, -0.15) is 23.3 Å². The molecular formula is C12H8F3N5O. The van der Waals surface area contributed by atoms with E-state index in [9.17, 15) is 13.2 Å². The van der Waals surface area contributed by atoms with Gasteiger partial charge in [-0.15, -0.1) is 0 Å². The molecule has 0 spiro atoms. The lowest BCUT2D eigenvalue weighted by Gasteiger charge is -2.01. The van der Waals surface area contributed by atoms with Crippen LogP contribution in [0.5, 0.6) is 0 Å². The minimum atomic E-state index is -4.64.